The van der Waals surface area contributed by atoms with E-state index in [0.29, 0.717) is 10.9 Å². The molecule has 0 atom stereocenters. The van der Waals surface area contributed by atoms with Crippen molar-refractivity contribution in [2.75, 3.05) is 0 Å². The zero-order valence-electron chi connectivity index (χ0n) is 11.2. The van der Waals surface area contributed by atoms with E-state index in [1.165, 1.54) is 0 Å². The number of hydrogen-bond donors (Lipinski definition) is 0. The van der Waals surface area contributed by atoms with Crippen LogP contribution in [0.25, 0.3) is 0 Å². The SMILES string of the molecule is Cc1cc(C)c(C(=O)c2ccc(P=O)cc2)c(C)c1. The molecule has 0 saturated heterocycles. The molecule has 3 heteroatoms. The average Bonchev–Trinajstić information content (AvgIpc) is 2.37. The van der Waals surface area contributed by atoms with Crippen LogP contribution in [0.5, 0.6) is 0 Å². The number of ketones is 1. The van der Waals surface area contributed by atoms with Gasteiger partial charge in [0.1, 0.15) is 0 Å². The molecule has 0 spiro atoms. The number of hydrogen-bond acceptors (Lipinski definition) is 2. The largest absolute Gasteiger partial charge is 0.289 e. The second-order valence-corrected chi connectivity index (χ2v) is 5.44. The molecule has 2 aromatic carbocycles. The van der Waals surface area contributed by atoms with Gasteiger partial charge in [-0.2, -0.15) is 0 Å². The lowest BCUT2D eigenvalue weighted by Crippen LogP contribution is -2.07. The van der Waals surface area contributed by atoms with Crippen LogP contribution in [0, 0.1) is 20.8 Å². The van der Waals surface area contributed by atoms with Crippen molar-refractivity contribution in [1.82, 2.24) is 0 Å². The molecular formula is C16H15O2P. The first-order valence-electron chi connectivity index (χ1n) is 6.09. The second kappa shape index (κ2) is 5.46. The molecule has 0 bridgehead atoms. The van der Waals surface area contributed by atoms with Gasteiger partial charge in [0.15, 0.2) is 14.2 Å². The van der Waals surface area contributed by atoms with Crippen LogP contribution < -0.4 is 5.30 Å². The quantitative estimate of drug-likeness (QED) is 0.628. The van der Waals surface area contributed by atoms with Gasteiger partial charge in [-0.3, -0.25) is 9.36 Å². The fourth-order valence-electron chi connectivity index (χ4n) is 2.36. The standard InChI is InChI=1S/C16H15O2P/c1-10-8-11(2)15(12(3)9-10)16(17)13-4-6-14(19-18)7-5-13/h4-9H,1-3H3. The summed E-state index contributed by atoms with van der Waals surface area (Å²) < 4.78 is 10.7. The van der Waals surface area contributed by atoms with Gasteiger partial charge in [0.25, 0.3) is 0 Å². The zero-order chi connectivity index (χ0) is 14.0. The van der Waals surface area contributed by atoms with Gasteiger partial charge in [0, 0.05) is 16.4 Å². The molecule has 19 heavy (non-hydrogen) atoms. The Hall–Kier alpha value is -1.79. The minimum atomic E-state index is -0.0246. The summed E-state index contributed by atoms with van der Waals surface area (Å²) in [4.78, 5) is 12.5. The van der Waals surface area contributed by atoms with E-state index in [1.807, 2.05) is 32.9 Å². The Labute approximate surface area is 114 Å². The Morgan fingerprint density at radius 2 is 1.47 bits per heavy atom. The molecule has 0 N–H and O–H groups in total. The molecule has 0 radical (unpaired) electrons. The van der Waals surface area contributed by atoms with Gasteiger partial charge in [-0.05, 0) is 56.2 Å². The Bertz CT molecular complexity index is 619. The third-order valence-corrected chi connectivity index (χ3v) is 3.65. The highest BCUT2D eigenvalue weighted by atomic mass is 31.1. The van der Waals surface area contributed by atoms with Crippen LogP contribution in [-0.2, 0) is 4.57 Å². The number of carbonyl (C=O) groups is 1. The van der Waals surface area contributed by atoms with Crippen molar-refractivity contribution in [3.8, 4) is 0 Å². The van der Waals surface area contributed by atoms with Gasteiger partial charge in [-0.15, -0.1) is 0 Å². The van der Waals surface area contributed by atoms with Crippen LogP contribution in [-0.4, -0.2) is 5.78 Å². The number of rotatable bonds is 3. The van der Waals surface area contributed by atoms with Crippen molar-refractivity contribution < 1.29 is 9.36 Å². The Kier molecular flexibility index (Phi) is 3.92. The number of benzene rings is 2. The normalized spacial score (nSPS) is 10.7. The first-order chi connectivity index (χ1) is 9.02. The molecule has 0 amide bonds. The Morgan fingerprint density at radius 1 is 0.947 bits per heavy atom. The molecule has 96 valence electrons. The zero-order valence-corrected chi connectivity index (χ0v) is 12.1. The van der Waals surface area contributed by atoms with E-state index in [4.69, 9.17) is 0 Å². The van der Waals surface area contributed by atoms with Crippen LogP contribution in [0.3, 0.4) is 0 Å². The highest BCUT2D eigenvalue weighted by Crippen LogP contribution is 2.20. The van der Waals surface area contributed by atoms with E-state index in [0.717, 1.165) is 22.3 Å². The lowest BCUT2D eigenvalue weighted by atomic mass is 9.93. The van der Waals surface area contributed by atoms with E-state index in [-0.39, 0.29) is 14.2 Å². The molecule has 0 fully saturated rings. The fraction of sp³-hybridized carbons (Fsp3) is 0.188. The van der Waals surface area contributed by atoms with Crippen molar-refractivity contribution in [3.63, 3.8) is 0 Å². The Morgan fingerprint density at radius 3 is 1.95 bits per heavy atom. The summed E-state index contributed by atoms with van der Waals surface area (Å²) >= 11 is 0. The maximum atomic E-state index is 12.5. The van der Waals surface area contributed by atoms with Gasteiger partial charge in [0.05, 0.1) is 0 Å². The monoisotopic (exact) mass is 270 g/mol. The fourth-order valence-corrected chi connectivity index (χ4v) is 2.63. The van der Waals surface area contributed by atoms with Crippen LogP contribution in [0.4, 0.5) is 0 Å². The summed E-state index contributed by atoms with van der Waals surface area (Å²) in [6, 6.07) is 10.9. The van der Waals surface area contributed by atoms with Crippen molar-refractivity contribution in [2.45, 2.75) is 20.8 Å². The van der Waals surface area contributed by atoms with Gasteiger partial charge in [-0.25, -0.2) is 0 Å². The molecule has 0 aromatic heterocycles. The summed E-state index contributed by atoms with van der Waals surface area (Å²) in [6.07, 6.45) is 0. The van der Waals surface area contributed by atoms with Gasteiger partial charge < -0.3 is 0 Å². The number of carbonyl (C=O) groups excluding carboxylic acids is 1. The predicted molar refractivity (Wildman–Crippen MR) is 77.8 cm³/mol. The molecule has 0 heterocycles. The minimum absolute atomic E-state index is 0.0177. The minimum Gasteiger partial charge on any atom is -0.289 e. The second-order valence-electron chi connectivity index (χ2n) is 4.74. The topological polar surface area (TPSA) is 34.1 Å². The van der Waals surface area contributed by atoms with Gasteiger partial charge in [-0.1, -0.05) is 17.7 Å². The van der Waals surface area contributed by atoms with Crippen LogP contribution in [0.2, 0.25) is 0 Å². The van der Waals surface area contributed by atoms with E-state index in [2.05, 4.69) is 0 Å². The summed E-state index contributed by atoms with van der Waals surface area (Å²) in [5.41, 5.74) is 4.54. The lowest BCUT2D eigenvalue weighted by Gasteiger charge is -2.10. The van der Waals surface area contributed by atoms with E-state index >= 15 is 0 Å². The molecular weight excluding hydrogens is 255 g/mol. The van der Waals surface area contributed by atoms with Crippen LogP contribution >= 0.6 is 8.46 Å². The molecule has 0 aliphatic heterocycles. The van der Waals surface area contributed by atoms with Crippen molar-refractivity contribution in [3.05, 3.63) is 64.2 Å². The summed E-state index contributed by atoms with van der Waals surface area (Å²) in [5, 5.41) is 0.675. The van der Waals surface area contributed by atoms with E-state index in [1.54, 1.807) is 24.3 Å². The molecule has 2 rings (SSSR count). The molecule has 0 aliphatic carbocycles. The maximum absolute atomic E-state index is 12.5. The van der Waals surface area contributed by atoms with Crippen LogP contribution in [0.1, 0.15) is 32.6 Å². The molecule has 0 unspecified atom stereocenters. The molecule has 0 saturated carbocycles. The number of aryl methyl sites for hydroxylation is 3. The smallest absolute Gasteiger partial charge is 0.193 e. The highest BCUT2D eigenvalue weighted by molar-refractivity contribution is 7.34. The van der Waals surface area contributed by atoms with Gasteiger partial charge in [0.2, 0.25) is 0 Å². The lowest BCUT2D eigenvalue weighted by molar-refractivity contribution is 0.103. The summed E-state index contributed by atoms with van der Waals surface area (Å²) in [6.45, 7) is 5.94. The van der Waals surface area contributed by atoms with Gasteiger partial charge >= 0.3 is 0 Å². The third kappa shape index (κ3) is 2.80. The average molecular weight is 270 g/mol. The third-order valence-electron chi connectivity index (χ3n) is 3.14. The first kappa shape index (κ1) is 13.6. The first-order valence-corrected chi connectivity index (χ1v) is 6.90. The Balaban J connectivity index is 2.46. The van der Waals surface area contributed by atoms with Crippen molar-refractivity contribution in [1.29, 1.82) is 0 Å². The van der Waals surface area contributed by atoms with Crippen molar-refractivity contribution >= 4 is 19.5 Å². The van der Waals surface area contributed by atoms with E-state index < -0.39 is 0 Å². The molecule has 0 aliphatic rings. The molecule has 2 nitrogen and oxygen atoms in total. The molecule has 2 aromatic rings. The highest BCUT2D eigenvalue weighted by Gasteiger charge is 2.14. The van der Waals surface area contributed by atoms with E-state index in [9.17, 15) is 9.36 Å². The van der Waals surface area contributed by atoms with Crippen LogP contribution in [0.15, 0.2) is 36.4 Å². The summed E-state index contributed by atoms with van der Waals surface area (Å²) in [7, 11) is -0.0246. The predicted octanol–water partition coefficient (Wildman–Crippen LogP) is 3.76. The maximum Gasteiger partial charge on any atom is 0.193 e. The van der Waals surface area contributed by atoms with Crippen molar-refractivity contribution in [2.24, 2.45) is 0 Å². The summed E-state index contributed by atoms with van der Waals surface area (Å²) in [5.74, 6) is 0.0177.